The number of halogens is 1. The Kier molecular flexibility index (Phi) is 5.30. The zero-order valence-corrected chi connectivity index (χ0v) is 11.8. The Bertz CT molecular complexity index is 513. The number of benzene rings is 1. The van der Waals surface area contributed by atoms with Gasteiger partial charge in [-0.3, -0.25) is 4.79 Å². The van der Waals surface area contributed by atoms with Gasteiger partial charge in [0, 0.05) is 28.3 Å². The summed E-state index contributed by atoms with van der Waals surface area (Å²) in [6.45, 7) is 0.491. The number of hydrogen-bond donors (Lipinski definition) is 2. The molecule has 0 saturated heterocycles. The third-order valence-electron chi connectivity index (χ3n) is 2.44. The van der Waals surface area contributed by atoms with E-state index in [4.69, 9.17) is 11.6 Å². The van der Waals surface area contributed by atoms with E-state index in [1.54, 1.807) is 24.3 Å². The third kappa shape index (κ3) is 4.96. The number of amides is 1. The minimum atomic E-state index is 0.0380. The molecule has 0 fully saturated rings. The molecule has 2 N–H and O–H groups in total. The van der Waals surface area contributed by atoms with Crippen molar-refractivity contribution in [2.24, 2.45) is 0 Å². The molecule has 0 spiro atoms. The SMILES string of the molecule is O=C(CCSc1ccc(Cl)cc1)NCc1cnc[nH]1. The average Bonchev–Trinajstić information content (AvgIpc) is 2.92. The van der Waals surface area contributed by atoms with Crippen LogP contribution in [0.4, 0.5) is 0 Å². The molecular weight excluding hydrogens is 282 g/mol. The normalized spacial score (nSPS) is 10.4. The molecule has 2 rings (SSSR count). The largest absolute Gasteiger partial charge is 0.350 e. The van der Waals surface area contributed by atoms with Gasteiger partial charge in [-0.25, -0.2) is 4.98 Å². The zero-order chi connectivity index (χ0) is 13.5. The number of nitrogens with one attached hydrogen (secondary N) is 2. The highest BCUT2D eigenvalue weighted by Crippen LogP contribution is 2.20. The molecule has 0 aliphatic heterocycles. The van der Waals surface area contributed by atoms with Crippen molar-refractivity contribution >= 4 is 29.3 Å². The van der Waals surface area contributed by atoms with Gasteiger partial charge in [0.05, 0.1) is 18.6 Å². The van der Waals surface area contributed by atoms with E-state index in [0.717, 1.165) is 21.4 Å². The van der Waals surface area contributed by atoms with Gasteiger partial charge in [0.1, 0.15) is 0 Å². The summed E-state index contributed by atoms with van der Waals surface area (Å²) in [6.07, 6.45) is 3.78. The van der Waals surface area contributed by atoms with Crippen LogP contribution in [0.5, 0.6) is 0 Å². The number of aromatic nitrogens is 2. The summed E-state index contributed by atoms with van der Waals surface area (Å²) < 4.78 is 0. The molecule has 2 aromatic rings. The first-order valence-corrected chi connectivity index (χ1v) is 7.23. The lowest BCUT2D eigenvalue weighted by atomic mass is 10.4. The highest BCUT2D eigenvalue weighted by molar-refractivity contribution is 7.99. The Labute approximate surface area is 121 Å². The highest BCUT2D eigenvalue weighted by Gasteiger charge is 2.02. The number of carbonyl (C=O) groups is 1. The smallest absolute Gasteiger partial charge is 0.221 e. The van der Waals surface area contributed by atoms with E-state index in [-0.39, 0.29) is 5.91 Å². The van der Waals surface area contributed by atoms with Gasteiger partial charge in [-0.15, -0.1) is 11.8 Å². The number of hydrogen-bond acceptors (Lipinski definition) is 3. The predicted molar refractivity (Wildman–Crippen MR) is 77.2 cm³/mol. The van der Waals surface area contributed by atoms with Crippen molar-refractivity contribution in [1.29, 1.82) is 0 Å². The average molecular weight is 296 g/mol. The van der Waals surface area contributed by atoms with Gasteiger partial charge < -0.3 is 10.3 Å². The van der Waals surface area contributed by atoms with Gasteiger partial charge in [-0.2, -0.15) is 0 Å². The Morgan fingerprint density at radius 1 is 1.37 bits per heavy atom. The molecule has 1 aromatic heterocycles. The van der Waals surface area contributed by atoms with Crippen molar-refractivity contribution in [1.82, 2.24) is 15.3 Å². The van der Waals surface area contributed by atoms with Gasteiger partial charge in [-0.05, 0) is 24.3 Å². The van der Waals surface area contributed by atoms with E-state index < -0.39 is 0 Å². The van der Waals surface area contributed by atoms with Crippen LogP contribution in [0.3, 0.4) is 0 Å². The first kappa shape index (κ1) is 14.0. The lowest BCUT2D eigenvalue weighted by Gasteiger charge is -2.04. The van der Waals surface area contributed by atoms with Crippen LogP contribution in [0, 0.1) is 0 Å². The van der Waals surface area contributed by atoms with Crippen LogP contribution in [0.15, 0.2) is 41.7 Å². The van der Waals surface area contributed by atoms with Crippen LogP contribution in [-0.4, -0.2) is 21.6 Å². The van der Waals surface area contributed by atoms with Crippen molar-refractivity contribution in [2.45, 2.75) is 17.9 Å². The molecule has 0 aliphatic carbocycles. The second-order valence-corrected chi connectivity index (χ2v) is 5.51. The number of H-pyrrole nitrogens is 1. The van der Waals surface area contributed by atoms with E-state index in [0.29, 0.717) is 13.0 Å². The number of nitrogens with zero attached hydrogens (tertiary/aromatic N) is 1. The molecule has 1 amide bonds. The fraction of sp³-hybridized carbons (Fsp3) is 0.231. The number of thioether (sulfide) groups is 1. The van der Waals surface area contributed by atoms with Crippen LogP contribution in [-0.2, 0) is 11.3 Å². The zero-order valence-electron chi connectivity index (χ0n) is 10.2. The molecule has 1 heterocycles. The maximum Gasteiger partial charge on any atom is 0.221 e. The van der Waals surface area contributed by atoms with Crippen molar-refractivity contribution in [3.8, 4) is 0 Å². The van der Waals surface area contributed by atoms with E-state index in [1.165, 1.54) is 0 Å². The van der Waals surface area contributed by atoms with Crippen molar-refractivity contribution in [3.63, 3.8) is 0 Å². The summed E-state index contributed by atoms with van der Waals surface area (Å²) in [4.78, 5) is 19.5. The molecule has 0 aliphatic rings. The van der Waals surface area contributed by atoms with Crippen LogP contribution in [0.2, 0.25) is 5.02 Å². The lowest BCUT2D eigenvalue weighted by Crippen LogP contribution is -2.23. The van der Waals surface area contributed by atoms with Crippen molar-refractivity contribution < 1.29 is 4.79 Å². The molecule has 19 heavy (non-hydrogen) atoms. The molecule has 6 heteroatoms. The van der Waals surface area contributed by atoms with Gasteiger partial charge in [0.25, 0.3) is 0 Å². The number of rotatable bonds is 6. The number of aromatic amines is 1. The Balaban J connectivity index is 1.65. The lowest BCUT2D eigenvalue weighted by molar-refractivity contribution is -0.120. The number of imidazole rings is 1. The van der Waals surface area contributed by atoms with Crippen molar-refractivity contribution in [3.05, 3.63) is 47.5 Å². The molecule has 1 aromatic carbocycles. The molecule has 0 saturated carbocycles. The fourth-order valence-electron chi connectivity index (χ4n) is 1.46. The Morgan fingerprint density at radius 3 is 2.84 bits per heavy atom. The van der Waals surface area contributed by atoms with Gasteiger partial charge in [-0.1, -0.05) is 11.6 Å². The maximum absolute atomic E-state index is 11.6. The van der Waals surface area contributed by atoms with Gasteiger partial charge >= 0.3 is 0 Å². The second-order valence-electron chi connectivity index (χ2n) is 3.91. The van der Waals surface area contributed by atoms with E-state index in [9.17, 15) is 4.79 Å². The molecule has 100 valence electrons. The van der Waals surface area contributed by atoms with Crippen LogP contribution < -0.4 is 5.32 Å². The molecule has 0 radical (unpaired) electrons. The molecule has 0 bridgehead atoms. The van der Waals surface area contributed by atoms with E-state index in [1.807, 2.05) is 24.3 Å². The van der Waals surface area contributed by atoms with Gasteiger partial charge in [0.15, 0.2) is 0 Å². The third-order valence-corrected chi connectivity index (χ3v) is 3.71. The summed E-state index contributed by atoms with van der Waals surface area (Å²) in [7, 11) is 0. The summed E-state index contributed by atoms with van der Waals surface area (Å²) in [5.74, 6) is 0.784. The second kappa shape index (κ2) is 7.21. The van der Waals surface area contributed by atoms with Crippen LogP contribution >= 0.6 is 23.4 Å². The molecule has 0 atom stereocenters. The highest BCUT2D eigenvalue weighted by atomic mass is 35.5. The van der Waals surface area contributed by atoms with Gasteiger partial charge in [0.2, 0.25) is 5.91 Å². The minimum absolute atomic E-state index is 0.0380. The fourth-order valence-corrected chi connectivity index (χ4v) is 2.43. The van der Waals surface area contributed by atoms with Crippen LogP contribution in [0.25, 0.3) is 0 Å². The Hall–Kier alpha value is -1.46. The van der Waals surface area contributed by atoms with E-state index in [2.05, 4.69) is 15.3 Å². The van der Waals surface area contributed by atoms with Crippen LogP contribution in [0.1, 0.15) is 12.1 Å². The maximum atomic E-state index is 11.6. The van der Waals surface area contributed by atoms with E-state index >= 15 is 0 Å². The first-order chi connectivity index (χ1) is 9.24. The summed E-state index contributed by atoms with van der Waals surface area (Å²) in [5.41, 5.74) is 0.902. The topological polar surface area (TPSA) is 57.8 Å². The summed E-state index contributed by atoms with van der Waals surface area (Å²) in [5, 5.41) is 3.56. The first-order valence-electron chi connectivity index (χ1n) is 5.86. The van der Waals surface area contributed by atoms with Crippen molar-refractivity contribution in [2.75, 3.05) is 5.75 Å². The molecular formula is C13H14ClN3OS. The minimum Gasteiger partial charge on any atom is -0.350 e. The summed E-state index contributed by atoms with van der Waals surface area (Å²) in [6, 6.07) is 7.61. The monoisotopic (exact) mass is 295 g/mol. The summed E-state index contributed by atoms with van der Waals surface area (Å²) >= 11 is 7.45. The molecule has 4 nitrogen and oxygen atoms in total. The molecule has 0 unspecified atom stereocenters. The quantitative estimate of drug-likeness (QED) is 0.806. The Morgan fingerprint density at radius 2 is 2.16 bits per heavy atom. The standard InChI is InChI=1S/C13H14ClN3OS/c14-10-1-3-12(4-2-10)19-6-5-13(18)16-8-11-7-15-9-17-11/h1-4,7,9H,5-6,8H2,(H,15,17)(H,16,18). The number of carbonyl (C=O) groups excluding carboxylic acids is 1. The predicted octanol–water partition coefficient (Wildman–Crippen LogP) is 2.86.